The summed E-state index contributed by atoms with van der Waals surface area (Å²) in [4.78, 5) is 0. The van der Waals surface area contributed by atoms with Crippen LogP contribution in [0.15, 0.2) is 0 Å². The zero-order valence-electron chi connectivity index (χ0n) is 10.4. The molecule has 16 heavy (non-hydrogen) atoms. The average molecular weight is 268 g/mol. The van der Waals surface area contributed by atoms with Crippen molar-refractivity contribution in [2.24, 2.45) is 5.73 Å². The minimum Gasteiger partial charge on any atom is -0.396 e. The Morgan fingerprint density at radius 1 is 0.688 bits per heavy atom. The van der Waals surface area contributed by atoms with Crippen LogP contribution in [0.3, 0.4) is 0 Å². The van der Waals surface area contributed by atoms with Gasteiger partial charge in [-0.05, 0) is 43.7 Å². The zero-order chi connectivity index (χ0) is 12.5. The normalized spacial score (nSPS) is 9.75. The molecule has 0 saturated carbocycles. The predicted molar refractivity (Wildman–Crippen MR) is 80.8 cm³/mol. The van der Waals surface area contributed by atoms with Crippen LogP contribution in [-0.2, 0) is 0 Å². The standard InChI is InChI=1S/C6H15NS.C6H14OS/c2*7-5-3-1-2-4-6-8/h8H,1-7H2;7-8H,1-6H2. The van der Waals surface area contributed by atoms with Crippen molar-refractivity contribution in [1.29, 1.82) is 0 Å². The van der Waals surface area contributed by atoms with Crippen LogP contribution in [0.1, 0.15) is 51.4 Å². The van der Waals surface area contributed by atoms with E-state index in [2.05, 4.69) is 25.3 Å². The summed E-state index contributed by atoms with van der Waals surface area (Å²) in [6.07, 6.45) is 9.48. The van der Waals surface area contributed by atoms with Crippen LogP contribution in [0.4, 0.5) is 0 Å². The van der Waals surface area contributed by atoms with E-state index in [1.54, 1.807) is 0 Å². The maximum atomic E-state index is 8.35. The van der Waals surface area contributed by atoms with Gasteiger partial charge in [0.1, 0.15) is 0 Å². The summed E-state index contributed by atoms with van der Waals surface area (Å²) in [6, 6.07) is 0. The minimum absolute atomic E-state index is 0.340. The van der Waals surface area contributed by atoms with Gasteiger partial charge < -0.3 is 10.8 Å². The molecular weight excluding hydrogens is 238 g/mol. The Labute approximate surface area is 112 Å². The SMILES string of the molecule is NCCCCCCS.OCCCCCCS. The van der Waals surface area contributed by atoms with Crippen molar-refractivity contribution < 1.29 is 5.11 Å². The molecule has 0 spiro atoms. The van der Waals surface area contributed by atoms with Crippen LogP contribution in [-0.4, -0.2) is 29.8 Å². The zero-order valence-corrected chi connectivity index (χ0v) is 12.2. The molecule has 0 aliphatic heterocycles. The molecule has 0 aliphatic carbocycles. The molecule has 0 aromatic heterocycles. The van der Waals surface area contributed by atoms with Crippen LogP contribution in [0.25, 0.3) is 0 Å². The van der Waals surface area contributed by atoms with Gasteiger partial charge in [-0.2, -0.15) is 25.3 Å². The number of aliphatic hydroxyl groups is 1. The van der Waals surface area contributed by atoms with E-state index in [1.165, 1.54) is 38.5 Å². The highest BCUT2D eigenvalue weighted by Gasteiger charge is 1.84. The van der Waals surface area contributed by atoms with E-state index in [1.807, 2.05) is 0 Å². The van der Waals surface area contributed by atoms with Crippen molar-refractivity contribution in [3.63, 3.8) is 0 Å². The smallest absolute Gasteiger partial charge is 0.0431 e. The number of thiol groups is 2. The molecule has 0 bridgehead atoms. The minimum atomic E-state index is 0.340. The number of hydrogen-bond acceptors (Lipinski definition) is 4. The lowest BCUT2D eigenvalue weighted by atomic mass is 10.2. The molecular formula is C12H29NOS2. The Balaban J connectivity index is 0. The Hall–Kier alpha value is 0.620. The predicted octanol–water partition coefficient (Wildman–Crippen LogP) is 2.90. The topological polar surface area (TPSA) is 46.2 Å². The van der Waals surface area contributed by atoms with Crippen molar-refractivity contribution in [2.75, 3.05) is 24.7 Å². The van der Waals surface area contributed by atoms with Gasteiger partial charge in [0.2, 0.25) is 0 Å². The molecule has 4 heteroatoms. The van der Waals surface area contributed by atoms with Gasteiger partial charge in [0.05, 0.1) is 0 Å². The van der Waals surface area contributed by atoms with E-state index in [9.17, 15) is 0 Å². The summed E-state index contributed by atoms with van der Waals surface area (Å²) >= 11 is 8.15. The summed E-state index contributed by atoms with van der Waals surface area (Å²) in [7, 11) is 0. The first-order valence-electron chi connectivity index (χ1n) is 6.36. The second-order valence-corrected chi connectivity index (χ2v) is 4.68. The van der Waals surface area contributed by atoms with Gasteiger partial charge in [-0.3, -0.25) is 0 Å². The highest BCUT2D eigenvalue weighted by atomic mass is 32.1. The molecule has 0 radical (unpaired) electrons. The van der Waals surface area contributed by atoms with Crippen molar-refractivity contribution in [3.8, 4) is 0 Å². The molecule has 100 valence electrons. The Bertz CT molecular complexity index is 81.0. The molecule has 0 aliphatic rings. The second-order valence-electron chi connectivity index (χ2n) is 3.79. The summed E-state index contributed by atoms with van der Waals surface area (Å²) < 4.78 is 0. The molecule has 0 aromatic rings. The van der Waals surface area contributed by atoms with Crippen LogP contribution in [0.5, 0.6) is 0 Å². The molecule has 0 aromatic carbocycles. The Morgan fingerprint density at radius 3 is 1.50 bits per heavy atom. The first-order chi connectivity index (χ1) is 7.83. The summed E-state index contributed by atoms with van der Waals surface area (Å²) in [5.41, 5.74) is 5.29. The van der Waals surface area contributed by atoms with Crippen molar-refractivity contribution in [3.05, 3.63) is 0 Å². The molecule has 0 atom stereocenters. The molecule has 2 nitrogen and oxygen atoms in total. The highest BCUT2D eigenvalue weighted by molar-refractivity contribution is 7.80. The number of hydrogen-bond donors (Lipinski definition) is 4. The van der Waals surface area contributed by atoms with E-state index >= 15 is 0 Å². The lowest BCUT2D eigenvalue weighted by Crippen LogP contribution is -1.97. The van der Waals surface area contributed by atoms with Gasteiger partial charge in [0, 0.05) is 6.61 Å². The lowest BCUT2D eigenvalue weighted by molar-refractivity contribution is 0.283. The van der Waals surface area contributed by atoms with Gasteiger partial charge in [0.15, 0.2) is 0 Å². The third-order valence-corrected chi connectivity index (χ3v) is 2.81. The van der Waals surface area contributed by atoms with Gasteiger partial charge in [-0.25, -0.2) is 0 Å². The number of aliphatic hydroxyl groups excluding tert-OH is 1. The van der Waals surface area contributed by atoms with Crippen molar-refractivity contribution in [2.45, 2.75) is 51.4 Å². The third-order valence-electron chi connectivity index (χ3n) is 2.18. The second kappa shape index (κ2) is 21.0. The first kappa shape index (κ1) is 19.0. The Kier molecular flexibility index (Phi) is 24.9. The molecule has 0 saturated heterocycles. The molecule has 0 amide bonds. The molecule has 0 rings (SSSR count). The maximum absolute atomic E-state index is 8.35. The van der Waals surface area contributed by atoms with E-state index in [0.717, 1.165) is 30.9 Å². The van der Waals surface area contributed by atoms with E-state index < -0.39 is 0 Å². The monoisotopic (exact) mass is 267 g/mol. The fourth-order valence-electron chi connectivity index (χ4n) is 1.19. The molecule has 0 unspecified atom stereocenters. The van der Waals surface area contributed by atoms with E-state index in [0.29, 0.717) is 6.61 Å². The van der Waals surface area contributed by atoms with Crippen molar-refractivity contribution >= 4 is 25.3 Å². The first-order valence-corrected chi connectivity index (χ1v) is 7.62. The fourth-order valence-corrected chi connectivity index (χ4v) is 1.63. The van der Waals surface area contributed by atoms with Crippen LogP contribution in [0.2, 0.25) is 0 Å². The molecule has 0 heterocycles. The van der Waals surface area contributed by atoms with E-state index in [-0.39, 0.29) is 0 Å². The van der Waals surface area contributed by atoms with Crippen LogP contribution < -0.4 is 5.73 Å². The lowest BCUT2D eigenvalue weighted by Gasteiger charge is -1.93. The van der Waals surface area contributed by atoms with E-state index in [4.69, 9.17) is 10.8 Å². The summed E-state index contributed by atoms with van der Waals surface area (Å²) in [6.45, 7) is 1.18. The van der Waals surface area contributed by atoms with Gasteiger partial charge in [-0.1, -0.05) is 25.7 Å². The number of unbranched alkanes of at least 4 members (excludes halogenated alkanes) is 6. The average Bonchev–Trinajstić information content (AvgIpc) is 2.31. The molecule has 3 N–H and O–H groups in total. The number of rotatable bonds is 10. The largest absolute Gasteiger partial charge is 0.396 e. The summed E-state index contributed by atoms with van der Waals surface area (Å²) in [5.74, 6) is 2.00. The van der Waals surface area contributed by atoms with Crippen LogP contribution in [0, 0.1) is 0 Å². The Morgan fingerprint density at radius 2 is 1.12 bits per heavy atom. The van der Waals surface area contributed by atoms with Gasteiger partial charge >= 0.3 is 0 Å². The fraction of sp³-hybridized carbons (Fsp3) is 1.00. The molecule has 0 fully saturated rings. The van der Waals surface area contributed by atoms with Gasteiger partial charge in [0.25, 0.3) is 0 Å². The summed E-state index contributed by atoms with van der Waals surface area (Å²) in [5, 5.41) is 8.35. The van der Waals surface area contributed by atoms with Crippen LogP contribution >= 0.6 is 25.3 Å². The quantitative estimate of drug-likeness (QED) is 0.363. The van der Waals surface area contributed by atoms with Crippen molar-refractivity contribution in [1.82, 2.24) is 0 Å². The number of nitrogens with two attached hydrogens (primary N) is 1. The van der Waals surface area contributed by atoms with Gasteiger partial charge in [-0.15, -0.1) is 0 Å². The maximum Gasteiger partial charge on any atom is 0.0431 e. The highest BCUT2D eigenvalue weighted by Crippen LogP contribution is 1.99. The third kappa shape index (κ3) is 24.0.